The Bertz CT molecular complexity index is 1020. The fourth-order valence-electron chi connectivity index (χ4n) is 5.43. The van der Waals surface area contributed by atoms with E-state index >= 15 is 0 Å². The number of anilines is 1. The van der Waals surface area contributed by atoms with Gasteiger partial charge in [0.05, 0.1) is 11.6 Å². The van der Waals surface area contributed by atoms with E-state index in [1.165, 1.54) is 12.8 Å². The van der Waals surface area contributed by atoms with E-state index in [0.717, 1.165) is 36.3 Å². The van der Waals surface area contributed by atoms with Crippen LogP contribution < -0.4 is 14.4 Å². The molecule has 3 heterocycles. The molecule has 0 N–H and O–H groups in total. The summed E-state index contributed by atoms with van der Waals surface area (Å²) in [5, 5.41) is 0.555. The molecular formula is C26H31ClN2O4. The lowest BCUT2D eigenvalue weighted by atomic mass is 9.98. The number of nitrogens with zero attached hydrogens (tertiary/aromatic N) is 2. The molecule has 1 unspecified atom stereocenters. The van der Waals surface area contributed by atoms with Crippen LogP contribution in [0.25, 0.3) is 0 Å². The van der Waals surface area contributed by atoms with Crippen molar-refractivity contribution in [3.63, 3.8) is 0 Å². The monoisotopic (exact) mass is 470 g/mol. The van der Waals surface area contributed by atoms with Crippen molar-refractivity contribution < 1.29 is 19.0 Å². The second kappa shape index (κ2) is 9.53. The molecule has 0 spiro atoms. The predicted molar refractivity (Wildman–Crippen MR) is 129 cm³/mol. The molecule has 3 aliphatic rings. The maximum atomic E-state index is 13.2. The molecule has 33 heavy (non-hydrogen) atoms. The first kappa shape index (κ1) is 22.5. The molecule has 2 aromatic rings. The highest BCUT2D eigenvalue weighted by molar-refractivity contribution is 6.32. The van der Waals surface area contributed by atoms with Crippen molar-refractivity contribution >= 4 is 23.2 Å². The minimum atomic E-state index is -0.0173. The average Bonchev–Trinajstić information content (AvgIpc) is 3.01. The zero-order chi connectivity index (χ0) is 22.9. The first-order valence-electron chi connectivity index (χ1n) is 11.8. The van der Waals surface area contributed by atoms with E-state index < -0.39 is 0 Å². The fourth-order valence-corrected chi connectivity index (χ4v) is 5.65. The van der Waals surface area contributed by atoms with Gasteiger partial charge in [-0.3, -0.25) is 4.79 Å². The number of methoxy groups -OCH3 is 1. The third kappa shape index (κ3) is 4.57. The van der Waals surface area contributed by atoms with Gasteiger partial charge in [-0.05, 0) is 81.1 Å². The van der Waals surface area contributed by atoms with E-state index in [9.17, 15) is 4.79 Å². The van der Waals surface area contributed by atoms with E-state index in [1.807, 2.05) is 36.4 Å². The lowest BCUT2D eigenvalue weighted by molar-refractivity contribution is 0.0662. The van der Waals surface area contributed by atoms with Gasteiger partial charge in [0.15, 0.2) is 0 Å². The van der Waals surface area contributed by atoms with E-state index in [2.05, 4.69) is 11.9 Å². The highest BCUT2D eigenvalue weighted by Gasteiger charge is 2.39. The van der Waals surface area contributed by atoms with Crippen molar-refractivity contribution in [1.29, 1.82) is 0 Å². The molecule has 176 valence electrons. The van der Waals surface area contributed by atoms with E-state index in [0.29, 0.717) is 48.2 Å². The highest BCUT2D eigenvalue weighted by atomic mass is 35.5. The SMILES string of the molecule is COCCOc1ccc2c(c1)CCN(c1ccc(OC3C[C@H]4CC[C@@H](C3)N4C)c(Cl)c1)C2=O. The number of piperidine rings is 1. The summed E-state index contributed by atoms with van der Waals surface area (Å²) < 4.78 is 17.0. The number of carbonyl (C=O) groups is 1. The Labute approximate surface area is 200 Å². The maximum absolute atomic E-state index is 13.2. The number of rotatable bonds is 7. The van der Waals surface area contributed by atoms with E-state index in [1.54, 1.807) is 12.0 Å². The van der Waals surface area contributed by atoms with Crippen molar-refractivity contribution in [3.05, 3.63) is 52.5 Å². The van der Waals surface area contributed by atoms with E-state index in [4.69, 9.17) is 25.8 Å². The Morgan fingerprint density at radius 2 is 1.85 bits per heavy atom. The smallest absolute Gasteiger partial charge is 0.258 e. The van der Waals surface area contributed by atoms with Gasteiger partial charge in [0.2, 0.25) is 0 Å². The van der Waals surface area contributed by atoms with Crippen LogP contribution in [0, 0.1) is 0 Å². The number of hydrogen-bond donors (Lipinski definition) is 0. The van der Waals surface area contributed by atoms with Crippen molar-refractivity contribution in [2.24, 2.45) is 0 Å². The lowest BCUT2D eigenvalue weighted by Crippen LogP contribution is -2.43. The normalized spacial score (nSPS) is 24.6. The third-order valence-corrected chi connectivity index (χ3v) is 7.58. The third-order valence-electron chi connectivity index (χ3n) is 7.29. The number of ether oxygens (including phenoxy) is 3. The minimum Gasteiger partial charge on any atom is -0.491 e. The highest BCUT2D eigenvalue weighted by Crippen LogP contribution is 2.38. The fraction of sp³-hybridized carbons (Fsp3) is 0.500. The summed E-state index contributed by atoms with van der Waals surface area (Å²) in [4.78, 5) is 17.5. The summed E-state index contributed by atoms with van der Waals surface area (Å²) in [6.45, 7) is 1.62. The molecule has 1 amide bonds. The quantitative estimate of drug-likeness (QED) is 0.555. The van der Waals surface area contributed by atoms with Gasteiger partial charge in [0.1, 0.15) is 24.2 Å². The number of benzene rings is 2. The Balaban J connectivity index is 1.26. The lowest BCUT2D eigenvalue weighted by Gasteiger charge is -2.36. The Kier molecular flexibility index (Phi) is 6.50. The molecule has 0 aromatic heterocycles. The van der Waals surface area contributed by atoms with Gasteiger partial charge in [-0.25, -0.2) is 0 Å². The van der Waals surface area contributed by atoms with Gasteiger partial charge < -0.3 is 24.0 Å². The van der Waals surface area contributed by atoms with Crippen LogP contribution in [0.5, 0.6) is 11.5 Å². The summed E-state index contributed by atoms with van der Waals surface area (Å²) in [5.74, 6) is 1.45. The molecule has 7 heteroatoms. The zero-order valence-electron chi connectivity index (χ0n) is 19.3. The molecule has 2 bridgehead atoms. The van der Waals surface area contributed by atoms with Gasteiger partial charge in [0, 0.05) is 37.0 Å². The number of halogens is 1. The summed E-state index contributed by atoms with van der Waals surface area (Å²) in [6, 6.07) is 12.6. The molecule has 2 fully saturated rings. The molecule has 6 nitrogen and oxygen atoms in total. The van der Waals surface area contributed by atoms with Gasteiger partial charge in [0.25, 0.3) is 5.91 Å². The molecular weight excluding hydrogens is 440 g/mol. The molecule has 5 rings (SSSR count). The van der Waals surface area contributed by atoms with Crippen LogP contribution in [-0.2, 0) is 11.2 Å². The Hall–Kier alpha value is -2.28. The largest absolute Gasteiger partial charge is 0.491 e. The van der Waals surface area contributed by atoms with Crippen LogP contribution in [0.15, 0.2) is 36.4 Å². The number of amides is 1. The van der Waals surface area contributed by atoms with Crippen LogP contribution in [-0.4, -0.2) is 62.9 Å². The van der Waals surface area contributed by atoms with Crippen LogP contribution in [0.1, 0.15) is 41.6 Å². The molecule has 3 atom stereocenters. The second-order valence-corrected chi connectivity index (χ2v) is 9.65. The van der Waals surface area contributed by atoms with Gasteiger partial charge in [-0.2, -0.15) is 0 Å². The average molecular weight is 471 g/mol. The van der Waals surface area contributed by atoms with Gasteiger partial charge in [-0.15, -0.1) is 0 Å². The van der Waals surface area contributed by atoms with Crippen LogP contribution in [0.2, 0.25) is 5.02 Å². The zero-order valence-corrected chi connectivity index (χ0v) is 20.0. The standard InChI is InChI=1S/C26H31ClN2O4/c1-28-18-3-4-19(28)15-22(14-18)33-25-8-5-20(16-24(25)27)29-10-9-17-13-21(32-12-11-31-2)6-7-23(17)26(29)30/h5-8,13,16,18-19,22H,3-4,9-12,14-15H2,1-2H3/t18-,19+,22?. The van der Waals surface area contributed by atoms with Crippen molar-refractivity contribution in [1.82, 2.24) is 4.90 Å². The number of hydrogen-bond acceptors (Lipinski definition) is 5. The first-order chi connectivity index (χ1) is 16.0. The van der Waals surface area contributed by atoms with Gasteiger partial charge in [-0.1, -0.05) is 11.6 Å². The summed E-state index contributed by atoms with van der Waals surface area (Å²) >= 11 is 6.61. The summed E-state index contributed by atoms with van der Waals surface area (Å²) in [5.41, 5.74) is 2.51. The molecule has 2 saturated heterocycles. The first-order valence-corrected chi connectivity index (χ1v) is 12.2. The minimum absolute atomic E-state index is 0.0173. The predicted octanol–water partition coefficient (Wildman–Crippen LogP) is 4.57. The van der Waals surface area contributed by atoms with Crippen LogP contribution in [0.4, 0.5) is 5.69 Å². The number of fused-ring (bicyclic) bond motifs is 3. The molecule has 0 radical (unpaired) electrons. The topological polar surface area (TPSA) is 51.2 Å². The Morgan fingerprint density at radius 1 is 1.06 bits per heavy atom. The van der Waals surface area contributed by atoms with Crippen molar-refractivity contribution in [2.45, 2.75) is 50.3 Å². The maximum Gasteiger partial charge on any atom is 0.258 e. The second-order valence-electron chi connectivity index (χ2n) is 9.24. The van der Waals surface area contributed by atoms with Crippen LogP contribution in [0.3, 0.4) is 0 Å². The van der Waals surface area contributed by atoms with Crippen molar-refractivity contribution in [2.75, 3.05) is 38.8 Å². The van der Waals surface area contributed by atoms with Crippen molar-refractivity contribution in [3.8, 4) is 11.5 Å². The number of carbonyl (C=O) groups excluding carboxylic acids is 1. The molecule has 2 aromatic carbocycles. The molecule has 0 aliphatic carbocycles. The van der Waals surface area contributed by atoms with Crippen LogP contribution >= 0.6 is 11.6 Å². The summed E-state index contributed by atoms with van der Waals surface area (Å²) in [7, 11) is 3.87. The van der Waals surface area contributed by atoms with E-state index in [-0.39, 0.29) is 12.0 Å². The van der Waals surface area contributed by atoms with Gasteiger partial charge >= 0.3 is 0 Å². The molecule has 3 aliphatic heterocycles. The summed E-state index contributed by atoms with van der Waals surface area (Å²) in [6.07, 6.45) is 5.57. The molecule has 0 saturated carbocycles. The Morgan fingerprint density at radius 3 is 2.58 bits per heavy atom.